The van der Waals surface area contributed by atoms with Gasteiger partial charge in [0.2, 0.25) is 0 Å². The van der Waals surface area contributed by atoms with E-state index in [1.807, 2.05) is 0 Å². The normalized spacial score (nSPS) is 13.5. The second-order valence-electron chi connectivity index (χ2n) is 5.73. The fourth-order valence-electron chi connectivity index (χ4n) is 2.02. The Bertz CT molecular complexity index is 277. The third-order valence-corrected chi connectivity index (χ3v) is 4.02. The Balaban J connectivity index is 2.28. The molecule has 1 aromatic rings. The Kier molecular flexibility index (Phi) is 6.83. The topological polar surface area (TPSA) is 12.0 Å². The van der Waals surface area contributed by atoms with Crippen molar-refractivity contribution in [3.8, 4) is 0 Å². The highest BCUT2D eigenvalue weighted by Crippen LogP contribution is 2.18. The van der Waals surface area contributed by atoms with Gasteiger partial charge in [0.1, 0.15) is 0 Å². The first-order chi connectivity index (χ1) is 8.09. The Hall–Kier alpha value is -0.340. The molecule has 1 heterocycles. The van der Waals surface area contributed by atoms with Gasteiger partial charge in [-0.05, 0) is 66.1 Å². The Morgan fingerprint density at radius 2 is 1.94 bits per heavy atom. The molecule has 0 aliphatic rings. The van der Waals surface area contributed by atoms with Crippen LogP contribution in [0, 0.1) is 17.8 Å². The minimum Gasteiger partial charge on any atom is -0.316 e. The molecule has 0 aliphatic heterocycles. The molecule has 0 aliphatic carbocycles. The second kappa shape index (κ2) is 7.88. The largest absolute Gasteiger partial charge is 0.316 e. The summed E-state index contributed by atoms with van der Waals surface area (Å²) in [5.41, 5.74) is 1.50. The number of hydrogen-bond donors (Lipinski definition) is 1. The summed E-state index contributed by atoms with van der Waals surface area (Å²) in [6.45, 7) is 11.5. The van der Waals surface area contributed by atoms with Crippen molar-refractivity contribution in [2.45, 2.75) is 40.5 Å². The van der Waals surface area contributed by atoms with Crippen LogP contribution in [0.5, 0.6) is 0 Å². The smallest absolute Gasteiger partial charge is 0.00178 e. The lowest BCUT2D eigenvalue weighted by Crippen LogP contribution is -2.29. The van der Waals surface area contributed by atoms with Crippen LogP contribution in [0.2, 0.25) is 0 Å². The van der Waals surface area contributed by atoms with Crippen molar-refractivity contribution >= 4 is 11.3 Å². The van der Waals surface area contributed by atoms with Gasteiger partial charge in [-0.2, -0.15) is 11.3 Å². The summed E-state index contributed by atoms with van der Waals surface area (Å²) >= 11 is 1.81. The van der Waals surface area contributed by atoms with Crippen LogP contribution < -0.4 is 5.32 Å². The second-order valence-corrected chi connectivity index (χ2v) is 6.51. The van der Waals surface area contributed by atoms with Crippen molar-refractivity contribution in [1.29, 1.82) is 0 Å². The Morgan fingerprint density at radius 1 is 1.18 bits per heavy atom. The van der Waals surface area contributed by atoms with Gasteiger partial charge in [0.05, 0.1) is 0 Å². The lowest BCUT2D eigenvalue weighted by molar-refractivity contribution is 0.334. The molecule has 0 bridgehead atoms. The molecule has 0 saturated carbocycles. The molecule has 0 radical (unpaired) electrons. The van der Waals surface area contributed by atoms with Crippen molar-refractivity contribution in [1.82, 2.24) is 5.32 Å². The molecule has 17 heavy (non-hydrogen) atoms. The molecule has 2 heteroatoms. The lowest BCUT2D eigenvalue weighted by Gasteiger charge is -2.22. The van der Waals surface area contributed by atoms with E-state index in [4.69, 9.17) is 0 Å². The van der Waals surface area contributed by atoms with E-state index in [1.165, 1.54) is 24.9 Å². The summed E-state index contributed by atoms with van der Waals surface area (Å²) in [5.74, 6) is 2.32. The summed E-state index contributed by atoms with van der Waals surface area (Å²) in [7, 11) is 0. The number of nitrogens with one attached hydrogen (secondary N) is 1. The van der Waals surface area contributed by atoms with Gasteiger partial charge < -0.3 is 5.32 Å². The number of thiophene rings is 1. The summed E-state index contributed by atoms with van der Waals surface area (Å²) in [6, 6.07) is 2.25. The van der Waals surface area contributed by atoms with Crippen LogP contribution in [0.25, 0.3) is 0 Å². The van der Waals surface area contributed by atoms with Crippen molar-refractivity contribution in [3.63, 3.8) is 0 Å². The summed E-state index contributed by atoms with van der Waals surface area (Å²) in [4.78, 5) is 0. The molecule has 1 N–H and O–H groups in total. The molecule has 1 atom stereocenters. The van der Waals surface area contributed by atoms with Gasteiger partial charge in [0.15, 0.2) is 0 Å². The van der Waals surface area contributed by atoms with Crippen LogP contribution in [0.3, 0.4) is 0 Å². The molecule has 1 nitrogen and oxygen atoms in total. The maximum atomic E-state index is 3.60. The zero-order valence-corrected chi connectivity index (χ0v) is 12.5. The highest BCUT2D eigenvalue weighted by molar-refractivity contribution is 7.07. The highest BCUT2D eigenvalue weighted by Gasteiger charge is 2.13. The van der Waals surface area contributed by atoms with Crippen LogP contribution >= 0.6 is 11.3 Å². The first-order valence-electron chi connectivity index (χ1n) is 6.81. The molecule has 0 saturated heterocycles. The third kappa shape index (κ3) is 6.23. The predicted molar refractivity (Wildman–Crippen MR) is 78.7 cm³/mol. The van der Waals surface area contributed by atoms with Gasteiger partial charge in [0, 0.05) is 0 Å². The molecule has 0 amide bonds. The molecular formula is C15H27NS. The average Bonchev–Trinajstić information content (AvgIpc) is 2.74. The lowest BCUT2D eigenvalue weighted by atomic mass is 9.90. The van der Waals surface area contributed by atoms with E-state index in [2.05, 4.69) is 49.8 Å². The van der Waals surface area contributed by atoms with Gasteiger partial charge >= 0.3 is 0 Å². The zero-order chi connectivity index (χ0) is 12.7. The zero-order valence-electron chi connectivity index (χ0n) is 11.7. The third-order valence-electron chi connectivity index (χ3n) is 3.29. The van der Waals surface area contributed by atoms with Crippen LogP contribution in [0.4, 0.5) is 0 Å². The predicted octanol–water partition coefficient (Wildman–Crippen LogP) is 4.20. The maximum absolute atomic E-state index is 3.60. The van der Waals surface area contributed by atoms with Crippen molar-refractivity contribution in [2.75, 3.05) is 13.1 Å². The van der Waals surface area contributed by atoms with Gasteiger partial charge in [0.25, 0.3) is 0 Å². The van der Waals surface area contributed by atoms with E-state index in [0.29, 0.717) is 0 Å². The SMILES string of the molecule is CC(C)CNCC(CCc1ccsc1)C(C)C. The molecular weight excluding hydrogens is 226 g/mol. The maximum Gasteiger partial charge on any atom is -0.00178 e. The van der Waals surface area contributed by atoms with Crippen molar-refractivity contribution in [2.24, 2.45) is 17.8 Å². The molecule has 1 aromatic heterocycles. The summed E-state index contributed by atoms with van der Waals surface area (Å²) in [6.07, 6.45) is 2.54. The molecule has 1 unspecified atom stereocenters. The van der Waals surface area contributed by atoms with Crippen molar-refractivity contribution < 1.29 is 0 Å². The first-order valence-corrected chi connectivity index (χ1v) is 7.75. The van der Waals surface area contributed by atoms with Crippen LogP contribution in [-0.4, -0.2) is 13.1 Å². The van der Waals surface area contributed by atoms with Gasteiger partial charge in [-0.3, -0.25) is 0 Å². The Labute approximate surface area is 111 Å². The van der Waals surface area contributed by atoms with E-state index in [9.17, 15) is 0 Å². The minimum atomic E-state index is 0.750. The van der Waals surface area contributed by atoms with Crippen molar-refractivity contribution in [3.05, 3.63) is 22.4 Å². The quantitative estimate of drug-likeness (QED) is 0.732. The van der Waals surface area contributed by atoms with E-state index in [0.717, 1.165) is 24.3 Å². The van der Waals surface area contributed by atoms with E-state index >= 15 is 0 Å². The van der Waals surface area contributed by atoms with Crippen LogP contribution in [0.15, 0.2) is 16.8 Å². The number of rotatable bonds is 8. The fourth-order valence-corrected chi connectivity index (χ4v) is 2.72. The fraction of sp³-hybridized carbons (Fsp3) is 0.733. The van der Waals surface area contributed by atoms with Crippen LogP contribution in [0.1, 0.15) is 39.7 Å². The summed E-state index contributed by atoms with van der Waals surface area (Å²) < 4.78 is 0. The highest BCUT2D eigenvalue weighted by atomic mass is 32.1. The first kappa shape index (κ1) is 14.7. The van der Waals surface area contributed by atoms with E-state index < -0.39 is 0 Å². The Morgan fingerprint density at radius 3 is 2.47 bits per heavy atom. The molecule has 0 spiro atoms. The number of aryl methyl sites for hydroxylation is 1. The van der Waals surface area contributed by atoms with Gasteiger partial charge in [-0.1, -0.05) is 27.7 Å². The van der Waals surface area contributed by atoms with Crippen LogP contribution in [-0.2, 0) is 6.42 Å². The molecule has 1 rings (SSSR count). The minimum absolute atomic E-state index is 0.750. The molecule has 0 fully saturated rings. The summed E-state index contributed by atoms with van der Waals surface area (Å²) in [5, 5.41) is 8.05. The standard InChI is InChI=1S/C15H27NS/c1-12(2)9-16-10-15(13(3)4)6-5-14-7-8-17-11-14/h7-8,11-13,15-16H,5-6,9-10H2,1-4H3. The molecule has 0 aromatic carbocycles. The molecule has 98 valence electrons. The number of hydrogen-bond acceptors (Lipinski definition) is 2. The van der Waals surface area contributed by atoms with E-state index in [1.54, 1.807) is 11.3 Å². The van der Waals surface area contributed by atoms with E-state index in [-0.39, 0.29) is 0 Å². The van der Waals surface area contributed by atoms with Gasteiger partial charge in [-0.15, -0.1) is 0 Å². The van der Waals surface area contributed by atoms with Gasteiger partial charge in [-0.25, -0.2) is 0 Å². The monoisotopic (exact) mass is 253 g/mol. The average molecular weight is 253 g/mol.